The summed E-state index contributed by atoms with van der Waals surface area (Å²) in [5.74, 6) is 0.849. The summed E-state index contributed by atoms with van der Waals surface area (Å²) in [6, 6.07) is 6.56. The number of hydrogen-bond donors (Lipinski definition) is 1. The molecule has 0 spiro atoms. The average molecular weight is 262 g/mol. The van der Waals surface area contributed by atoms with E-state index < -0.39 is 23.2 Å². The lowest BCUT2D eigenvalue weighted by Crippen LogP contribution is -1.90. The van der Waals surface area contributed by atoms with Gasteiger partial charge in [-0.15, -0.1) is 0 Å². The number of aromatic hydroxyl groups is 1. The van der Waals surface area contributed by atoms with Crippen molar-refractivity contribution in [2.45, 2.75) is 6.92 Å². The maximum Gasteiger partial charge on any atom is 0.201 e. The molecule has 0 saturated heterocycles. The van der Waals surface area contributed by atoms with Crippen molar-refractivity contribution in [3.05, 3.63) is 64.5 Å². The van der Waals surface area contributed by atoms with Gasteiger partial charge in [-0.3, -0.25) is 0 Å². The van der Waals surface area contributed by atoms with Gasteiger partial charge in [0.2, 0.25) is 5.82 Å². The number of benzene rings is 2. The molecule has 0 saturated carbocycles. The molecule has 1 N–H and O–H groups in total. The van der Waals surface area contributed by atoms with Crippen molar-refractivity contribution in [2.75, 3.05) is 0 Å². The van der Waals surface area contributed by atoms with Gasteiger partial charge in [-0.2, -0.15) is 4.39 Å². The van der Waals surface area contributed by atoms with E-state index >= 15 is 0 Å². The molecule has 2 rings (SSSR count). The molecule has 1 nitrogen and oxygen atoms in total. The first-order valence-corrected chi connectivity index (χ1v) is 5.44. The SMILES string of the molecule is Cc1ccc(C#Cc2ccc(O)c(F)c2F)c(F)c1. The molecule has 0 aliphatic carbocycles. The summed E-state index contributed by atoms with van der Waals surface area (Å²) in [4.78, 5) is 0. The second-order valence-corrected chi connectivity index (χ2v) is 3.99. The van der Waals surface area contributed by atoms with Crippen LogP contribution in [0.3, 0.4) is 0 Å². The summed E-state index contributed by atoms with van der Waals surface area (Å²) in [6.45, 7) is 1.73. The van der Waals surface area contributed by atoms with E-state index in [0.29, 0.717) is 0 Å². The number of aryl methyl sites for hydroxylation is 1. The Morgan fingerprint density at radius 1 is 0.895 bits per heavy atom. The summed E-state index contributed by atoms with van der Waals surface area (Å²) in [5, 5.41) is 8.96. The van der Waals surface area contributed by atoms with Gasteiger partial charge in [0, 0.05) is 0 Å². The standard InChI is InChI=1S/C15H9F3O/c1-9-2-3-10(12(16)8-9)4-5-11-6-7-13(19)15(18)14(11)17/h2-3,6-8,19H,1H3. The van der Waals surface area contributed by atoms with E-state index in [-0.39, 0.29) is 11.1 Å². The Kier molecular flexibility index (Phi) is 3.48. The highest BCUT2D eigenvalue weighted by Gasteiger charge is 2.11. The summed E-state index contributed by atoms with van der Waals surface area (Å²) in [7, 11) is 0. The van der Waals surface area contributed by atoms with Gasteiger partial charge in [0.15, 0.2) is 11.6 Å². The second kappa shape index (κ2) is 5.07. The van der Waals surface area contributed by atoms with Gasteiger partial charge >= 0.3 is 0 Å². The lowest BCUT2D eigenvalue weighted by Gasteiger charge is -1.99. The summed E-state index contributed by atoms with van der Waals surface area (Å²) in [6.07, 6.45) is 0. The van der Waals surface area contributed by atoms with Gasteiger partial charge in [-0.05, 0) is 36.8 Å². The van der Waals surface area contributed by atoms with E-state index in [1.165, 1.54) is 12.1 Å². The van der Waals surface area contributed by atoms with E-state index in [1.807, 2.05) is 0 Å². The van der Waals surface area contributed by atoms with E-state index in [2.05, 4.69) is 11.8 Å². The quantitative estimate of drug-likeness (QED) is 0.720. The fraction of sp³-hybridized carbons (Fsp3) is 0.0667. The number of halogens is 3. The molecule has 0 fully saturated rings. The van der Waals surface area contributed by atoms with E-state index in [4.69, 9.17) is 5.11 Å². The summed E-state index contributed by atoms with van der Waals surface area (Å²) in [5.41, 5.74) is 0.596. The molecular formula is C15H9F3O. The Bertz CT molecular complexity index is 697. The number of phenols is 1. The summed E-state index contributed by atoms with van der Waals surface area (Å²) >= 11 is 0. The van der Waals surface area contributed by atoms with Crippen molar-refractivity contribution >= 4 is 0 Å². The van der Waals surface area contributed by atoms with Crippen molar-refractivity contribution in [2.24, 2.45) is 0 Å². The fourth-order valence-corrected chi connectivity index (χ4v) is 1.49. The van der Waals surface area contributed by atoms with E-state index in [9.17, 15) is 13.2 Å². The van der Waals surface area contributed by atoms with Crippen molar-refractivity contribution in [3.63, 3.8) is 0 Å². The molecular weight excluding hydrogens is 253 g/mol. The van der Waals surface area contributed by atoms with Gasteiger partial charge in [0.1, 0.15) is 5.82 Å². The van der Waals surface area contributed by atoms with Crippen LogP contribution in [-0.2, 0) is 0 Å². The van der Waals surface area contributed by atoms with Crippen LogP contribution in [0, 0.1) is 36.2 Å². The minimum Gasteiger partial charge on any atom is -0.505 e. The van der Waals surface area contributed by atoms with E-state index in [1.54, 1.807) is 13.0 Å². The zero-order valence-electron chi connectivity index (χ0n) is 9.97. The maximum atomic E-state index is 13.5. The topological polar surface area (TPSA) is 20.2 Å². The van der Waals surface area contributed by atoms with Crippen LogP contribution in [0.1, 0.15) is 16.7 Å². The highest BCUT2D eigenvalue weighted by atomic mass is 19.2. The molecule has 96 valence electrons. The molecule has 0 aliphatic heterocycles. The molecule has 0 unspecified atom stereocenters. The van der Waals surface area contributed by atoms with Crippen LogP contribution in [0.4, 0.5) is 13.2 Å². The molecule has 2 aromatic rings. The zero-order chi connectivity index (χ0) is 14.0. The molecule has 0 heterocycles. The lowest BCUT2D eigenvalue weighted by atomic mass is 10.1. The van der Waals surface area contributed by atoms with Crippen LogP contribution < -0.4 is 0 Å². The fourth-order valence-electron chi connectivity index (χ4n) is 1.49. The van der Waals surface area contributed by atoms with Gasteiger partial charge in [-0.25, -0.2) is 8.78 Å². The normalized spacial score (nSPS) is 9.89. The van der Waals surface area contributed by atoms with Gasteiger partial charge in [0.25, 0.3) is 0 Å². The first kappa shape index (κ1) is 13.0. The molecule has 0 aromatic heterocycles. The minimum atomic E-state index is -1.36. The number of rotatable bonds is 0. The zero-order valence-corrected chi connectivity index (χ0v) is 9.97. The Morgan fingerprint density at radius 2 is 1.53 bits per heavy atom. The van der Waals surface area contributed by atoms with Crippen LogP contribution in [0.25, 0.3) is 0 Å². The molecule has 19 heavy (non-hydrogen) atoms. The highest BCUT2D eigenvalue weighted by molar-refractivity contribution is 5.46. The third kappa shape index (κ3) is 2.71. The summed E-state index contributed by atoms with van der Waals surface area (Å²) < 4.78 is 40.0. The molecule has 0 amide bonds. The lowest BCUT2D eigenvalue weighted by molar-refractivity contribution is 0.406. The maximum absolute atomic E-state index is 13.5. The van der Waals surface area contributed by atoms with E-state index in [0.717, 1.165) is 17.7 Å². The van der Waals surface area contributed by atoms with Gasteiger partial charge < -0.3 is 5.11 Å². The molecule has 0 bridgehead atoms. The Balaban J connectivity index is 2.42. The third-order valence-corrected chi connectivity index (χ3v) is 2.52. The van der Waals surface area contributed by atoms with Crippen LogP contribution in [-0.4, -0.2) is 5.11 Å². The van der Waals surface area contributed by atoms with Crippen molar-refractivity contribution in [1.82, 2.24) is 0 Å². The highest BCUT2D eigenvalue weighted by Crippen LogP contribution is 2.20. The van der Waals surface area contributed by atoms with Gasteiger partial charge in [0.05, 0.1) is 11.1 Å². The predicted octanol–water partition coefficient (Wildman–Crippen LogP) is 3.52. The predicted molar refractivity (Wildman–Crippen MR) is 65.1 cm³/mol. The second-order valence-electron chi connectivity index (χ2n) is 3.99. The van der Waals surface area contributed by atoms with Crippen LogP contribution in [0.2, 0.25) is 0 Å². The smallest absolute Gasteiger partial charge is 0.201 e. The van der Waals surface area contributed by atoms with Gasteiger partial charge in [-0.1, -0.05) is 17.9 Å². The van der Waals surface area contributed by atoms with Crippen LogP contribution in [0.15, 0.2) is 30.3 Å². The molecule has 4 heteroatoms. The third-order valence-electron chi connectivity index (χ3n) is 2.52. The Hall–Kier alpha value is -2.41. The Morgan fingerprint density at radius 3 is 2.21 bits per heavy atom. The Labute approximate surface area is 108 Å². The van der Waals surface area contributed by atoms with Crippen molar-refractivity contribution < 1.29 is 18.3 Å². The number of phenolic OH excluding ortho intramolecular Hbond substituents is 1. The first-order chi connectivity index (χ1) is 8.99. The number of hydrogen-bond acceptors (Lipinski definition) is 1. The van der Waals surface area contributed by atoms with Crippen molar-refractivity contribution in [1.29, 1.82) is 0 Å². The molecule has 0 radical (unpaired) electrons. The molecule has 0 atom stereocenters. The first-order valence-electron chi connectivity index (χ1n) is 5.44. The van der Waals surface area contributed by atoms with Crippen LogP contribution in [0.5, 0.6) is 5.75 Å². The monoisotopic (exact) mass is 262 g/mol. The molecule has 2 aromatic carbocycles. The minimum absolute atomic E-state index is 0.0958. The van der Waals surface area contributed by atoms with Crippen LogP contribution >= 0.6 is 0 Å². The average Bonchev–Trinajstić information content (AvgIpc) is 2.37. The van der Waals surface area contributed by atoms with Crippen molar-refractivity contribution in [3.8, 4) is 17.6 Å². The largest absolute Gasteiger partial charge is 0.505 e. The molecule has 0 aliphatic rings.